The number of ether oxygens (including phenoxy) is 2. The fourth-order valence-corrected chi connectivity index (χ4v) is 2.53. The molecule has 0 saturated carbocycles. The van der Waals surface area contributed by atoms with Crippen LogP contribution in [0.2, 0.25) is 0 Å². The van der Waals surface area contributed by atoms with E-state index in [1.165, 1.54) is 10.9 Å². The number of hydrogen-bond donors (Lipinski definition) is 4. The molecule has 2 aromatic rings. The summed E-state index contributed by atoms with van der Waals surface area (Å²) in [6.45, 7) is -0.447. The first-order valence-corrected chi connectivity index (χ1v) is 7.32. The van der Waals surface area contributed by atoms with E-state index in [0.717, 1.165) is 0 Å². The van der Waals surface area contributed by atoms with Crippen molar-refractivity contribution in [3.8, 4) is 0 Å². The Labute approximate surface area is 135 Å². The highest BCUT2D eigenvalue weighted by Crippen LogP contribution is 2.30. The number of fused-ring (bicyclic) bond motifs is 1. The Morgan fingerprint density at radius 3 is 3.12 bits per heavy atom. The molecule has 1 aliphatic rings. The van der Waals surface area contributed by atoms with Gasteiger partial charge in [0.05, 0.1) is 25.5 Å². The molecule has 2 unspecified atom stereocenters. The van der Waals surface area contributed by atoms with E-state index in [-0.39, 0.29) is 43.2 Å². The lowest BCUT2D eigenvalue weighted by molar-refractivity contribution is -0.150. The molecule has 3 rings (SSSR count). The highest BCUT2D eigenvalue weighted by atomic mass is 16.6. The van der Waals surface area contributed by atoms with Crippen LogP contribution < -0.4 is 11.3 Å². The van der Waals surface area contributed by atoms with Gasteiger partial charge in [-0.15, -0.1) is 0 Å². The van der Waals surface area contributed by atoms with Gasteiger partial charge in [0.25, 0.3) is 5.56 Å². The van der Waals surface area contributed by atoms with Gasteiger partial charge in [0.1, 0.15) is 18.9 Å². The van der Waals surface area contributed by atoms with Crippen LogP contribution in [0.3, 0.4) is 0 Å². The van der Waals surface area contributed by atoms with Gasteiger partial charge < -0.3 is 25.4 Å². The number of hydrogen-bond acceptors (Lipinski definition) is 9. The molecule has 1 fully saturated rings. The lowest BCUT2D eigenvalue weighted by Gasteiger charge is -2.15. The van der Waals surface area contributed by atoms with Crippen LogP contribution >= 0.6 is 0 Å². The van der Waals surface area contributed by atoms with Crippen molar-refractivity contribution in [3.63, 3.8) is 0 Å². The van der Waals surface area contributed by atoms with Crippen molar-refractivity contribution < 1.29 is 24.5 Å². The Morgan fingerprint density at radius 2 is 2.38 bits per heavy atom. The highest BCUT2D eigenvalue weighted by Gasteiger charge is 2.36. The molecule has 5 N–H and O–H groups in total. The first-order chi connectivity index (χ1) is 11.5. The second-order valence-electron chi connectivity index (χ2n) is 5.36. The molecule has 1 saturated heterocycles. The van der Waals surface area contributed by atoms with Crippen LogP contribution in [-0.2, 0) is 14.3 Å². The van der Waals surface area contributed by atoms with E-state index >= 15 is 0 Å². The van der Waals surface area contributed by atoms with E-state index < -0.39 is 30.0 Å². The summed E-state index contributed by atoms with van der Waals surface area (Å²) in [5, 5.41) is 18.7. The Balaban J connectivity index is 1.75. The monoisotopic (exact) mass is 339 g/mol. The molecule has 0 aromatic carbocycles. The number of imidazole rings is 1. The summed E-state index contributed by atoms with van der Waals surface area (Å²) in [6, 6.07) is 0. The third-order valence-corrected chi connectivity index (χ3v) is 3.69. The largest absolute Gasteiger partial charge is 0.463 e. The SMILES string of the molecule is Nc1nc2c(ncn2C2C[C@H](O)C(COC(=O)CCO)O2)c(=O)[nH]1. The summed E-state index contributed by atoms with van der Waals surface area (Å²) >= 11 is 0. The van der Waals surface area contributed by atoms with Crippen LogP contribution in [0.1, 0.15) is 19.1 Å². The van der Waals surface area contributed by atoms with Crippen LogP contribution in [0.15, 0.2) is 11.1 Å². The van der Waals surface area contributed by atoms with Gasteiger partial charge in [0, 0.05) is 6.42 Å². The number of nitrogen functional groups attached to an aromatic ring is 1. The van der Waals surface area contributed by atoms with Gasteiger partial charge in [-0.25, -0.2) is 4.98 Å². The molecule has 0 amide bonds. The molecule has 130 valence electrons. The van der Waals surface area contributed by atoms with Crippen molar-refractivity contribution in [2.24, 2.45) is 0 Å². The number of aromatic nitrogens is 4. The number of aromatic amines is 1. The third-order valence-electron chi connectivity index (χ3n) is 3.69. The molecule has 0 spiro atoms. The number of carbonyl (C=O) groups excluding carboxylic acids is 1. The lowest BCUT2D eigenvalue weighted by atomic mass is 10.2. The van der Waals surface area contributed by atoms with Crippen molar-refractivity contribution in [1.82, 2.24) is 19.5 Å². The Morgan fingerprint density at radius 1 is 1.58 bits per heavy atom. The summed E-state index contributed by atoms with van der Waals surface area (Å²) in [5.74, 6) is -0.631. The molecule has 2 aromatic heterocycles. The predicted octanol–water partition coefficient (Wildman–Crippen LogP) is -1.72. The number of esters is 1. The van der Waals surface area contributed by atoms with Gasteiger partial charge in [-0.1, -0.05) is 0 Å². The number of rotatable bonds is 5. The van der Waals surface area contributed by atoms with Crippen molar-refractivity contribution in [2.75, 3.05) is 18.9 Å². The molecule has 11 nitrogen and oxygen atoms in total. The molecule has 0 radical (unpaired) electrons. The van der Waals surface area contributed by atoms with E-state index in [9.17, 15) is 14.7 Å². The Hall–Kier alpha value is -2.50. The summed E-state index contributed by atoms with van der Waals surface area (Å²) in [7, 11) is 0. The smallest absolute Gasteiger partial charge is 0.308 e. The molecule has 3 atom stereocenters. The van der Waals surface area contributed by atoms with E-state index in [1.54, 1.807) is 0 Å². The van der Waals surface area contributed by atoms with Crippen LogP contribution in [0.4, 0.5) is 5.95 Å². The van der Waals surface area contributed by atoms with Gasteiger partial charge in [0.15, 0.2) is 11.2 Å². The fraction of sp³-hybridized carbons (Fsp3) is 0.538. The predicted molar refractivity (Wildman–Crippen MR) is 79.8 cm³/mol. The second kappa shape index (κ2) is 6.55. The maximum Gasteiger partial charge on any atom is 0.308 e. The molecular weight excluding hydrogens is 322 g/mol. The van der Waals surface area contributed by atoms with E-state index in [2.05, 4.69) is 15.0 Å². The number of aliphatic hydroxyl groups excluding tert-OH is 2. The lowest BCUT2D eigenvalue weighted by Crippen LogP contribution is -2.28. The van der Waals surface area contributed by atoms with Crippen molar-refractivity contribution in [3.05, 3.63) is 16.7 Å². The zero-order chi connectivity index (χ0) is 17.3. The van der Waals surface area contributed by atoms with Gasteiger partial charge in [-0.2, -0.15) is 4.98 Å². The summed E-state index contributed by atoms with van der Waals surface area (Å²) in [4.78, 5) is 33.4. The molecule has 1 aliphatic heterocycles. The fourth-order valence-electron chi connectivity index (χ4n) is 2.53. The molecule has 0 aliphatic carbocycles. The zero-order valence-corrected chi connectivity index (χ0v) is 12.6. The maximum atomic E-state index is 11.8. The quantitative estimate of drug-likeness (QED) is 0.463. The first kappa shape index (κ1) is 16.4. The molecule has 0 bridgehead atoms. The van der Waals surface area contributed by atoms with Crippen LogP contribution in [-0.4, -0.2) is 61.1 Å². The minimum atomic E-state index is -0.867. The minimum absolute atomic E-state index is 0.0534. The van der Waals surface area contributed by atoms with Crippen LogP contribution in [0.25, 0.3) is 11.2 Å². The standard InChI is InChI=1S/C13H17N5O6/c14-13-16-11-10(12(22)17-13)15-5-18(11)8-3-6(20)7(24-8)4-23-9(21)1-2-19/h5-8,19-20H,1-4H2,(H3,14,16,17,22)/t6-,7?,8?/m0/s1. The zero-order valence-electron chi connectivity index (χ0n) is 12.6. The van der Waals surface area contributed by atoms with Gasteiger partial charge in [0.2, 0.25) is 5.95 Å². The molecule has 11 heteroatoms. The normalized spacial score (nSPS) is 23.7. The number of anilines is 1. The third kappa shape index (κ3) is 3.09. The molecular formula is C13H17N5O6. The summed E-state index contributed by atoms with van der Waals surface area (Å²) in [5.41, 5.74) is 5.42. The van der Waals surface area contributed by atoms with Gasteiger partial charge in [-0.3, -0.25) is 19.1 Å². The van der Waals surface area contributed by atoms with Crippen LogP contribution in [0.5, 0.6) is 0 Å². The summed E-state index contributed by atoms with van der Waals surface area (Å²) in [6.07, 6.45) is -0.751. The van der Waals surface area contributed by atoms with Gasteiger partial charge in [-0.05, 0) is 0 Å². The number of aliphatic hydroxyl groups is 2. The summed E-state index contributed by atoms with van der Waals surface area (Å²) < 4.78 is 12.1. The number of nitrogens with zero attached hydrogens (tertiary/aromatic N) is 3. The average Bonchev–Trinajstić information content (AvgIpc) is 3.09. The van der Waals surface area contributed by atoms with E-state index in [4.69, 9.17) is 20.3 Å². The molecule has 24 heavy (non-hydrogen) atoms. The van der Waals surface area contributed by atoms with Gasteiger partial charge >= 0.3 is 5.97 Å². The number of H-pyrrole nitrogens is 1. The highest BCUT2D eigenvalue weighted by molar-refractivity contribution is 5.70. The minimum Gasteiger partial charge on any atom is -0.463 e. The van der Waals surface area contributed by atoms with Crippen molar-refractivity contribution in [1.29, 1.82) is 0 Å². The van der Waals surface area contributed by atoms with Crippen molar-refractivity contribution >= 4 is 23.1 Å². The average molecular weight is 339 g/mol. The van der Waals surface area contributed by atoms with E-state index in [1.807, 2.05) is 0 Å². The number of nitrogens with two attached hydrogens (primary N) is 1. The van der Waals surface area contributed by atoms with E-state index in [0.29, 0.717) is 0 Å². The maximum absolute atomic E-state index is 11.8. The Kier molecular flexibility index (Phi) is 4.46. The van der Waals surface area contributed by atoms with Crippen molar-refractivity contribution in [2.45, 2.75) is 31.3 Å². The van der Waals surface area contributed by atoms with Crippen LogP contribution in [0, 0.1) is 0 Å². The molecule has 3 heterocycles. The topological polar surface area (TPSA) is 166 Å². The second-order valence-corrected chi connectivity index (χ2v) is 5.36. The number of carbonyl (C=O) groups is 1. The Bertz CT molecular complexity index is 802. The number of nitrogens with one attached hydrogen (secondary N) is 1. The first-order valence-electron chi connectivity index (χ1n) is 7.32.